The number of hydrogen-bond donors (Lipinski definition) is 0. The van der Waals surface area contributed by atoms with Gasteiger partial charge in [0.2, 0.25) is 0 Å². The zero-order valence-corrected chi connectivity index (χ0v) is 12.2. The van der Waals surface area contributed by atoms with E-state index in [-0.39, 0.29) is 0 Å². The zero-order valence-electron chi connectivity index (χ0n) is 12.2. The van der Waals surface area contributed by atoms with E-state index >= 15 is 0 Å². The Bertz CT molecular complexity index is 1160. The highest BCUT2D eigenvalue weighted by Gasteiger charge is 2.10. The van der Waals surface area contributed by atoms with Crippen LogP contribution in [0.4, 0.5) is 0 Å². The molecule has 23 heavy (non-hydrogen) atoms. The maximum atomic E-state index is 4.41. The van der Waals surface area contributed by atoms with Crippen LogP contribution in [-0.4, -0.2) is 21.1 Å². The van der Waals surface area contributed by atoms with Gasteiger partial charge < -0.3 is 0 Å². The van der Waals surface area contributed by atoms with Crippen LogP contribution in [0.25, 0.3) is 32.3 Å². The van der Waals surface area contributed by atoms with Crippen molar-refractivity contribution < 1.29 is 0 Å². The molecule has 5 rings (SSSR count). The Morgan fingerprint density at radius 2 is 1.48 bits per heavy atom. The van der Waals surface area contributed by atoms with Crippen molar-refractivity contribution in [3.63, 3.8) is 0 Å². The zero-order chi connectivity index (χ0) is 15.2. The van der Waals surface area contributed by atoms with Crippen molar-refractivity contribution in [3.05, 3.63) is 72.8 Å². The molecule has 0 fully saturated rings. The Morgan fingerprint density at radius 1 is 0.783 bits per heavy atom. The molecule has 0 atom stereocenters. The summed E-state index contributed by atoms with van der Waals surface area (Å²) in [6.07, 6.45) is 5.02. The standard InChI is InChI=1S/C19H12N4/c1-3-13-7-8-14-4-2-6-17-16(10-22-23-11-20-21-12-23)9-15(5-1)18(13)19(14)17/h1-12H/b22-10+. The fraction of sp³-hybridized carbons (Fsp3) is 0. The molecule has 1 aromatic heterocycles. The first kappa shape index (κ1) is 12.3. The van der Waals surface area contributed by atoms with Crippen LogP contribution in [0.3, 0.4) is 0 Å². The molecule has 108 valence electrons. The summed E-state index contributed by atoms with van der Waals surface area (Å²) in [6.45, 7) is 0. The van der Waals surface area contributed by atoms with Gasteiger partial charge in [0.15, 0.2) is 0 Å². The molecule has 0 unspecified atom stereocenters. The van der Waals surface area contributed by atoms with Crippen LogP contribution >= 0.6 is 0 Å². The van der Waals surface area contributed by atoms with E-state index in [1.807, 2.05) is 6.21 Å². The normalized spacial score (nSPS) is 12.2. The van der Waals surface area contributed by atoms with E-state index < -0.39 is 0 Å². The Balaban J connectivity index is 1.88. The quantitative estimate of drug-likeness (QED) is 0.364. The van der Waals surface area contributed by atoms with E-state index in [9.17, 15) is 0 Å². The van der Waals surface area contributed by atoms with Gasteiger partial charge in [-0.1, -0.05) is 48.5 Å². The molecule has 0 aliphatic carbocycles. The third-order valence-corrected chi connectivity index (χ3v) is 4.28. The second-order valence-corrected chi connectivity index (χ2v) is 5.60. The van der Waals surface area contributed by atoms with Crippen molar-refractivity contribution in [2.75, 3.05) is 0 Å². The molecule has 0 aliphatic rings. The molecule has 0 saturated heterocycles. The van der Waals surface area contributed by atoms with Crippen LogP contribution < -0.4 is 0 Å². The van der Waals surface area contributed by atoms with Gasteiger partial charge >= 0.3 is 0 Å². The minimum Gasteiger partial charge on any atom is -0.208 e. The van der Waals surface area contributed by atoms with Gasteiger partial charge in [-0.15, -0.1) is 10.2 Å². The molecule has 0 radical (unpaired) electrons. The largest absolute Gasteiger partial charge is 0.208 e. The molecule has 1 heterocycles. The first-order chi connectivity index (χ1) is 11.4. The molecule has 4 heteroatoms. The van der Waals surface area contributed by atoms with Crippen LogP contribution in [0.15, 0.2) is 72.4 Å². The summed E-state index contributed by atoms with van der Waals surface area (Å²) in [5, 5.41) is 19.5. The molecular formula is C19H12N4. The van der Waals surface area contributed by atoms with Crippen molar-refractivity contribution in [1.29, 1.82) is 0 Å². The van der Waals surface area contributed by atoms with Gasteiger partial charge in [-0.05, 0) is 38.4 Å². The Labute approximate surface area is 132 Å². The van der Waals surface area contributed by atoms with Crippen LogP contribution in [0, 0.1) is 0 Å². The van der Waals surface area contributed by atoms with E-state index in [2.05, 4.69) is 69.9 Å². The Morgan fingerprint density at radius 3 is 2.30 bits per heavy atom. The number of hydrogen-bond acceptors (Lipinski definition) is 3. The molecular weight excluding hydrogens is 284 g/mol. The predicted octanol–water partition coefficient (Wildman–Crippen LogP) is 4.06. The highest BCUT2D eigenvalue weighted by atomic mass is 15.4. The van der Waals surface area contributed by atoms with Crippen LogP contribution in [0.1, 0.15) is 5.56 Å². The highest BCUT2D eigenvalue weighted by Crippen LogP contribution is 2.35. The predicted molar refractivity (Wildman–Crippen MR) is 93.2 cm³/mol. The summed E-state index contributed by atoms with van der Waals surface area (Å²) in [5.74, 6) is 0. The minimum atomic E-state index is 1.09. The number of nitrogens with zero attached hydrogens (tertiary/aromatic N) is 4. The lowest BCUT2D eigenvalue weighted by molar-refractivity contribution is 0.878. The molecule has 0 saturated carbocycles. The van der Waals surface area contributed by atoms with Crippen molar-refractivity contribution in [2.45, 2.75) is 0 Å². The van der Waals surface area contributed by atoms with Crippen LogP contribution in [0.2, 0.25) is 0 Å². The summed E-state index contributed by atoms with van der Waals surface area (Å²) < 4.78 is 1.60. The first-order valence-electron chi connectivity index (χ1n) is 7.46. The second kappa shape index (κ2) is 4.61. The lowest BCUT2D eigenvalue weighted by Gasteiger charge is -2.12. The molecule has 5 aromatic rings. The van der Waals surface area contributed by atoms with Crippen molar-refractivity contribution >= 4 is 38.5 Å². The third kappa shape index (κ3) is 1.82. The average molecular weight is 296 g/mol. The number of aromatic nitrogens is 3. The highest BCUT2D eigenvalue weighted by molar-refractivity contribution is 6.26. The van der Waals surface area contributed by atoms with Gasteiger partial charge in [-0.25, -0.2) is 4.68 Å². The molecule has 4 aromatic carbocycles. The van der Waals surface area contributed by atoms with E-state index in [4.69, 9.17) is 0 Å². The lowest BCUT2D eigenvalue weighted by Crippen LogP contribution is -1.92. The second-order valence-electron chi connectivity index (χ2n) is 5.60. The molecule has 0 bridgehead atoms. The lowest BCUT2D eigenvalue weighted by atomic mass is 9.92. The van der Waals surface area contributed by atoms with E-state index in [1.165, 1.54) is 32.3 Å². The maximum Gasteiger partial charge on any atom is 0.141 e. The first-order valence-corrected chi connectivity index (χ1v) is 7.46. The number of rotatable bonds is 2. The van der Waals surface area contributed by atoms with Crippen molar-refractivity contribution in [1.82, 2.24) is 14.9 Å². The van der Waals surface area contributed by atoms with Gasteiger partial charge in [-0.2, -0.15) is 5.10 Å². The average Bonchev–Trinajstić information content (AvgIpc) is 3.11. The number of benzene rings is 4. The van der Waals surface area contributed by atoms with Gasteiger partial charge in [-0.3, -0.25) is 0 Å². The molecule has 4 nitrogen and oxygen atoms in total. The topological polar surface area (TPSA) is 43.1 Å². The molecule has 0 spiro atoms. The minimum absolute atomic E-state index is 1.09. The van der Waals surface area contributed by atoms with Crippen LogP contribution in [0.5, 0.6) is 0 Å². The van der Waals surface area contributed by atoms with E-state index in [0.29, 0.717) is 0 Å². The summed E-state index contributed by atoms with van der Waals surface area (Å²) in [4.78, 5) is 0. The summed E-state index contributed by atoms with van der Waals surface area (Å²) in [7, 11) is 0. The summed E-state index contributed by atoms with van der Waals surface area (Å²) >= 11 is 0. The SMILES string of the molecule is C(=N\n1cnnc1)/c1cc2cccc3ccc4cccc1c4c32. The van der Waals surface area contributed by atoms with Crippen molar-refractivity contribution in [3.8, 4) is 0 Å². The molecule has 0 amide bonds. The Kier molecular flexibility index (Phi) is 2.46. The third-order valence-electron chi connectivity index (χ3n) is 4.28. The monoisotopic (exact) mass is 296 g/mol. The van der Waals surface area contributed by atoms with E-state index in [1.54, 1.807) is 17.3 Å². The van der Waals surface area contributed by atoms with Gasteiger partial charge in [0.1, 0.15) is 12.7 Å². The van der Waals surface area contributed by atoms with Crippen molar-refractivity contribution in [2.24, 2.45) is 5.10 Å². The fourth-order valence-corrected chi connectivity index (χ4v) is 3.28. The smallest absolute Gasteiger partial charge is 0.141 e. The van der Waals surface area contributed by atoms with Gasteiger partial charge in [0, 0.05) is 5.56 Å². The maximum absolute atomic E-state index is 4.41. The van der Waals surface area contributed by atoms with Crippen LogP contribution in [-0.2, 0) is 0 Å². The summed E-state index contributed by atoms with van der Waals surface area (Å²) in [5.41, 5.74) is 1.09. The van der Waals surface area contributed by atoms with Gasteiger partial charge in [0.25, 0.3) is 0 Å². The van der Waals surface area contributed by atoms with E-state index in [0.717, 1.165) is 5.56 Å². The summed E-state index contributed by atoms with van der Waals surface area (Å²) in [6, 6.07) is 19.4. The van der Waals surface area contributed by atoms with Gasteiger partial charge in [0.05, 0.1) is 6.21 Å². The molecule has 0 N–H and O–H groups in total. The Hall–Kier alpha value is -3.27. The fourth-order valence-electron chi connectivity index (χ4n) is 3.28. The molecule has 0 aliphatic heterocycles.